The summed E-state index contributed by atoms with van der Waals surface area (Å²) >= 11 is 1.71. The van der Waals surface area contributed by atoms with Gasteiger partial charge in [0.25, 0.3) is 0 Å². The summed E-state index contributed by atoms with van der Waals surface area (Å²) in [7, 11) is 4.08. The molecule has 0 radical (unpaired) electrons. The highest BCUT2D eigenvalue weighted by Crippen LogP contribution is 2.36. The molecule has 2 heterocycles. The van der Waals surface area contributed by atoms with Gasteiger partial charge in [0.05, 0.1) is 9.88 Å². The summed E-state index contributed by atoms with van der Waals surface area (Å²) < 4.78 is 6.08. The van der Waals surface area contributed by atoms with Gasteiger partial charge < -0.3 is 9.64 Å². The first kappa shape index (κ1) is 13.7. The second kappa shape index (κ2) is 5.62. The average Bonchev–Trinajstić information content (AvgIpc) is 2.98. The maximum atomic E-state index is 6.08. The van der Waals surface area contributed by atoms with E-state index in [9.17, 15) is 0 Å². The van der Waals surface area contributed by atoms with Crippen molar-refractivity contribution in [1.82, 2.24) is 0 Å². The van der Waals surface area contributed by atoms with Crippen LogP contribution in [0.3, 0.4) is 0 Å². The van der Waals surface area contributed by atoms with Gasteiger partial charge in [-0.15, -0.1) is 11.3 Å². The normalized spacial score (nSPS) is 14.3. The minimum Gasteiger partial charge on any atom is -0.455 e. The zero-order valence-electron chi connectivity index (χ0n) is 12.2. The van der Waals surface area contributed by atoms with Crippen LogP contribution in [0.25, 0.3) is 11.5 Å². The zero-order valence-corrected chi connectivity index (χ0v) is 13.0. The smallest absolute Gasteiger partial charge is 0.145 e. The molecule has 0 spiro atoms. The third-order valence-corrected chi connectivity index (χ3v) is 4.45. The maximum Gasteiger partial charge on any atom is 0.145 e. The van der Waals surface area contributed by atoms with Gasteiger partial charge in [-0.25, -0.2) is 0 Å². The lowest BCUT2D eigenvalue weighted by Crippen LogP contribution is -2.05. The van der Waals surface area contributed by atoms with Gasteiger partial charge >= 0.3 is 0 Å². The topological polar surface area (TPSA) is 12.5 Å². The second-order valence-corrected chi connectivity index (χ2v) is 6.15. The molecule has 106 valence electrons. The van der Waals surface area contributed by atoms with E-state index in [1.165, 1.54) is 5.00 Å². The number of hydrogen-bond donors (Lipinski definition) is 0. The van der Waals surface area contributed by atoms with Crippen LogP contribution in [0.15, 0.2) is 66.8 Å². The van der Waals surface area contributed by atoms with E-state index in [1.54, 1.807) is 11.3 Å². The van der Waals surface area contributed by atoms with Crippen LogP contribution in [0, 0.1) is 0 Å². The third-order valence-electron chi connectivity index (χ3n) is 3.19. The molecule has 0 unspecified atom stereocenters. The average molecular weight is 295 g/mol. The SMILES string of the molecule is C=C1C=C(c2ccccc2)OC(c2ccc(N(C)C)s2)=C1. The molecule has 1 aliphatic heterocycles. The van der Waals surface area contributed by atoms with Gasteiger partial charge in [0, 0.05) is 19.7 Å². The molecular formula is C18H17NOS. The molecule has 1 aromatic carbocycles. The fraction of sp³-hybridized carbons (Fsp3) is 0.111. The van der Waals surface area contributed by atoms with Crippen LogP contribution in [-0.2, 0) is 4.74 Å². The highest BCUT2D eigenvalue weighted by molar-refractivity contribution is 7.17. The minimum atomic E-state index is 0.845. The fourth-order valence-corrected chi connectivity index (χ4v) is 3.00. The van der Waals surface area contributed by atoms with Crippen LogP contribution in [0.5, 0.6) is 0 Å². The van der Waals surface area contributed by atoms with E-state index in [1.807, 2.05) is 56.6 Å². The Morgan fingerprint density at radius 1 is 0.952 bits per heavy atom. The third kappa shape index (κ3) is 2.93. The predicted molar refractivity (Wildman–Crippen MR) is 91.3 cm³/mol. The van der Waals surface area contributed by atoms with Crippen molar-refractivity contribution in [3.8, 4) is 0 Å². The molecule has 0 N–H and O–H groups in total. The summed E-state index contributed by atoms with van der Waals surface area (Å²) in [5, 5.41) is 1.20. The van der Waals surface area contributed by atoms with Gasteiger partial charge in [-0.2, -0.15) is 0 Å². The summed E-state index contributed by atoms with van der Waals surface area (Å²) in [5.74, 6) is 1.71. The Morgan fingerprint density at radius 3 is 2.33 bits per heavy atom. The van der Waals surface area contributed by atoms with Crippen molar-refractivity contribution in [1.29, 1.82) is 0 Å². The summed E-state index contributed by atoms with van der Waals surface area (Å²) in [6.45, 7) is 4.07. The second-order valence-electron chi connectivity index (χ2n) is 5.09. The first-order chi connectivity index (χ1) is 10.1. The summed E-state index contributed by atoms with van der Waals surface area (Å²) in [6, 6.07) is 14.3. The molecule has 0 bridgehead atoms. The van der Waals surface area contributed by atoms with Crippen LogP contribution in [0.2, 0.25) is 0 Å². The van der Waals surface area contributed by atoms with Crippen LogP contribution in [-0.4, -0.2) is 14.1 Å². The molecule has 0 amide bonds. The predicted octanol–water partition coefficient (Wildman–Crippen LogP) is 4.78. The maximum absolute atomic E-state index is 6.08. The van der Waals surface area contributed by atoms with Gasteiger partial charge in [0.2, 0.25) is 0 Å². The molecule has 0 fully saturated rings. The molecule has 3 rings (SSSR count). The number of nitrogens with zero attached hydrogens (tertiary/aromatic N) is 1. The van der Waals surface area contributed by atoms with Crippen molar-refractivity contribution >= 4 is 27.9 Å². The van der Waals surface area contributed by atoms with E-state index in [4.69, 9.17) is 4.74 Å². The lowest BCUT2D eigenvalue weighted by atomic mass is 10.1. The van der Waals surface area contributed by atoms with E-state index in [2.05, 4.69) is 23.6 Å². The molecule has 0 atom stereocenters. The zero-order chi connectivity index (χ0) is 14.8. The quantitative estimate of drug-likeness (QED) is 0.807. The summed E-state index contributed by atoms with van der Waals surface area (Å²) in [4.78, 5) is 3.21. The molecule has 1 aromatic heterocycles. The van der Waals surface area contributed by atoms with Crippen molar-refractivity contribution in [2.24, 2.45) is 0 Å². The number of anilines is 1. The highest BCUT2D eigenvalue weighted by Gasteiger charge is 2.16. The Morgan fingerprint density at radius 2 is 1.67 bits per heavy atom. The Hall–Kier alpha value is -2.26. The molecule has 0 saturated heterocycles. The van der Waals surface area contributed by atoms with Crippen LogP contribution in [0.4, 0.5) is 5.00 Å². The lowest BCUT2D eigenvalue weighted by Gasteiger charge is -2.17. The first-order valence-corrected chi connectivity index (χ1v) is 7.58. The summed E-state index contributed by atoms with van der Waals surface area (Å²) in [5.41, 5.74) is 2.02. The van der Waals surface area contributed by atoms with Crippen LogP contribution >= 0.6 is 11.3 Å². The van der Waals surface area contributed by atoms with Crippen molar-refractivity contribution < 1.29 is 4.74 Å². The Labute approximate surface area is 129 Å². The Bertz CT molecular complexity index is 723. The monoisotopic (exact) mass is 295 g/mol. The first-order valence-electron chi connectivity index (χ1n) is 6.76. The molecule has 0 aliphatic carbocycles. The van der Waals surface area contributed by atoms with Crippen molar-refractivity contribution in [2.75, 3.05) is 19.0 Å². The van der Waals surface area contributed by atoms with Gasteiger partial charge in [-0.05, 0) is 29.9 Å². The largest absolute Gasteiger partial charge is 0.455 e. The van der Waals surface area contributed by atoms with E-state index in [-0.39, 0.29) is 0 Å². The van der Waals surface area contributed by atoms with Crippen LogP contribution in [0.1, 0.15) is 10.4 Å². The standard InChI is InChI=1S/C18H17NOS/c1-13-11-15(14-7-5-4-6-8-14)20-16(12-13)17-9-10-18(21-17)19(2)3/h4-12H,1H2,2-3H3. The van der Waals surface area contributed by atoms with Crippen molar-refractivity contribution in [3.63, 3.8) is 0 Å². The van der Waals surface area contributed by atoms with E-state index in [0.717, 1.165) is 27.5 Å². The van der Waals surface area contributed by atoms with Gasteiger partial charge in [0.15, 0.2) is 0 Å². The number of benzene rings is 1. The fourth-order valence-electron chi connectivity index (χ4n) is 2.12. The van der Waals surface area contributed by atoms with E-state index < -0.39 is 0 Å². The van der Waals surface area contributed by atoms with Crippen molar-refractivity contribution in [2.45, 2.75) is 0 Å². The molecule has 21 heavy (non-hydrogen) atoms. The van der Waals surface area contributed by atoms with Gasteiger partial charge in [-0.1, -0.05) is 36.9 Å². The molecular weight excluding hydrogens is 278 g/mol. The molecule has 1 aliphatic rings. The van der Waals surface area contributed by atoms with E-state index >= 15 is 0 Å². The van der Waals surface area contributed by atoms with Crippen molar-refractivity contribution in [3.05, 3.63) is 77.2 Å². The number of thiophene rings is 1. The Balaban J connectivity index is 1.89. The molecule has 3 heteroatoms. The van der Waals surface area contributed by atoms with Gasteiger partial charge in [0.1, 0.15) is 11.5 Å². The Kier molecular flexibility index (Phi) is 3.67. The van der Waals surface area contributed by atoms with E-state index in [0.29, 0.717) is 0 Å². The number of allylic oxidation sites excluding steroid dienone is 3. The highest BCUT2D eigenvalue weighted by atomic mass is 32.1. The van der Waals surface area contributed by atoms with Gasteiger partial charge in [-0.3, -0.25) is 0 Å². The minimum absolute atomic E-state index is 0.845. The number of rotatable bonds is 3. The molecule has 0 saturated carbocycles. The number of hydrogen-bond acceptors (Lipinski definition) is 3. The summed E-state index contributed by atoms with van der Waals surface area (Å²) in [6.07, 6.45) is 3.96. The number of ether oxygens (including phenoxy) is 1. The molecule has 2 aromatic rings. The molecule has 2 nitrogen and oxygen atoms in total. The van der Waals surface area contributed by atoms with Crippen LogP contribution < -0.4 is 4.90 Å². The lowest BCUT2D eigenvalue weighted by molar-refractivity contribution is 0.468.